The lowest BCUT2D eigenvalue weighted by atomic mass is 10.1. The first kappa shape index (κ1) is 15.3. The van der Waals surface area contributed by atoms with E-state index in [1.54, 1.807) is 12.1 Å². The standard InChI is InChI=1S/C14H13Br2NO3/c1-17-13(8-5-9(15)7-10(16)6-8)11-3-4-12(20-11)14(18)19-2/h3-7,13,17H,1-2H3. The Morgan fingerprint density at radius 3 is 2.45 bits per heavy atom. The average Bonchev–Trinajstić information content (AvgIpc) is 2.87. The number of methoxy groups -OCH3 is 1. The zero-order valence-electron chi connectivity index (χ0n) is 10.9. The molecule has 0 bridgehead atoms. The fourth-order valence-electron chi connectivity index (χ4n) is 1.93. The fourth-order valence-corrected chi connectivity index (χ4v) is 3.26. The lowest BCUT2D eigenvalue weighted by molar-refractivity contribution is 0.0562. The van der Waals surface area contributed by atoms with Crippen LogP contribution >= 0.6 is 31.9 Å². The first-order chi connectivity index (χ1) is 9.55. The summed E-state index contributed by atoms with van der Waals surface area (Å²) in [7, 11) is 3.16. The van der Waals surface area contributed by atoms with Gasteiger partial charge in [0.05, 0.1) is 13.2 Å². The molecule has 0 radical (unpaired) electrons. The SMILES string of the molecule is CNC(c1cc(Br)cc(Br)c1)c1ccc(C(=O)OC)o1. The Morgan fingerprint density at radius 1 is 1.25 bits per heavy atom. The molecule has 0 spiro atoms. The van der Waals surface area contributed by atoms with Gasteiger partial charge in [0.1, 0.15) is 5.76 Å². The van der Waals surface area contributed by atoms with Crippen molar-refractivity contribution in [2.45, 2.75) is 6.04 Å². The van der Waals surface area contributed by atoms with Gasteiger partial charge in [0, 0.05) is 8.95 Å². The monoisotopic (exact) mass is 401 g/mol. The van der Waals surface area contributed by atoms with E-state index in [2.05, 4.69) is 41.9 Å². The number of carbonyl (C=O) groups excluding carboxylic acids is 1. The number of esters is 1. The molecular formula is C14H13Br2NO3. The molecule has 1 aromatic carbocycles. The normalized spacial score (nSPS) is 12.2. The Hall–Kier alpha value is -1.11. The molecule has 0 fully saturated rings. The third kappa shape index (κ3) is 3.31. The molecule has 0 aliphatic carbocycles. The van der Waals surface area contributed by atoms with Crippen molar-refractivity contribution in [2.75, 3.05) is 14.2 Å². The first-order valence-electron chi connectivity index (χ1n) is 5.86. The minimum absolute atomic E-state index is 0.151. The molecule has 2 aromatic rings. The second-order valence-electron chi connectivity index (χ2n) is 4.12. The van der Waals surface area contributed by atoms with Crippen molar-refractivity contribution in [1.82, 2.24) is 5.32 Å². The lowest BCUT2D eigenvalue weighted by Crippen LogP contribution is -2.17. The van der Waals surface area contributed by atoms with Crippen LogP contribution in [0.3, 0.4) is 0 Å². The number of carbonyl (C=O) groups is 1. The Balaban J connectivity index is 2.36. The van der Waals surface area contributed by atoms with Crippen LogP contribution in [0.2, 0.25) is 0 Å². The molecule has 0 saturated heterocycles. The van der Waals surface area contributed by atoms with E-state index in [0.29, 0.717) is 5.76 Å². The Morgan fingerprint density at radius 2 is 1.90 bits per heavy atom. The van der Waals surface area contributed by atoms with Crippen LogP contribution in [0, 0.1) is 0 Å². The van der Waals surface area contributed by atoms with E-state index in [1.807, 2.05) is 25.2 Å². The quantitative estimate of drug-likeness (QED) is 0.788. The van der Waals surface area contributed by atoms with Crippen molar-refractivity contribution in [2.24, 2.45) is 0 Å². The summed E-state index contributed by atoms with van der Waals surface area (Å²) in [4.78, 5) is 11.4. The zero-order chi connectivity index (χ0) is 14.7. The van der Waals surface area contributed by atoms with Crippen molar-refractivity contribution in [1.29, 1.82) is 0 Å². The number of halogens is 2. The van der Waals surface area contributed by atoms with E-state index in [9.17, 15) is 4.79 Å². The summed E-state index contributed by atoms with van der Waals surface area (Å²) in [5, 5.41) is 3.17. The minimum Gasteiger partial charge on any atom is -0.463 e. The van der Waals surface area contributed by atoms with Crippen molar-refractivity contribution in [3.05, 3.63) is 56.4 Å². The summed E-state index contributed by atoms with van der Waals surface area (Å²) >= 11 is 6.92. The topological polar surface area (TPSA) is 51.5 Å². The highest BCUT2D eigenvalue weighted by Crippen LogP contribution is 2.29. The molecule has 106 valence electrons. The third-order valence-electron chi connectivity index (χ3n) is 2.80. The van der Waals surface area contributed by atoms with Gasteiger partial charge in [-0.2, -0.15) is 0 Å². The maximum Gasteiger partial charge on any atom is 0.373 e. The van der Waals surface area contributed by atoms with Crippen LogP contribution in [0.1, 0.15) is 27.9 Å². The summed E-state index contributed by atoms with van der Waals surface area (Å²) in [6.07, 6.45) is 0. The highest BCUT2D eigenvalue weighted by Gasteiger charge is 2.19. The van der Waals surface area contributed by atoms with Crippen LogP contribution in [0.5, 0.6) is 0 Å². The summed E-state index contributed by atoms with van der Waals surface area (Å²) in [5.41, 5.74) is 1.01. The molecule has 0 aliphatic heterocycles. The molecule has 6 heteroatoms. The molecule has 20 heavy (non-hydrogen) atoms. The van der Waals surface area contributed by atoms with E-state index in [1.165, 1.54) is 7.11 Å². The minimum atomic E-state index is -0.485. The summed E-state index contributed by atoms with van der Waals surface area (Å²) < 4.78 is 12.1. The molecule has 2 rings (SSSR count). The predicted octanol–water partition coefficient (Wildman–Crippen LogP) is 3.90. The van der Waals surface area contributed by atoms with Crippen LogP contribution in [0.25, 0.3) is 0 Å². The van der Waals surface area contributed by atoms with Gasteiger partial charge in [0.15, 0.2) is 0 Å². The summed E-state index contributed by atoms with van der Waals surface area (Å²) in [6.45, 7) is 0. The van der Waals surface area contributed by atoms with Gasteiger partial charge in [-0.15, -0.1) is 0 Å². The number of ether oxygens (including phenoxy) is 1. The predicted molar refractivity (Wildman–Crippen MR) is 82.8 cm³/mol. The molecular weight excluding hydrogens is 390 g/mol. The number of nitrogens with one attached hydrogen (secondary N) is 1. The Kier molecular flexibility index (Phi) is 5.01. The summed E-state index contributed by atoms with van der Waals surface area (Å²) in [5.74, 6) is 0.358. The van der Waals surface area contributed by atoms with E-state index in [-0.39, 0.29) is 11.8 Å². The fraction of sp³-hybridized carbons (Fsp3) is 0.214. The maximum atomic E-state index is 11.4. The second-order valence-corrected chi connectivity index (χ2v) is 5.95. The molecule has 0 aliphatic rings. The van der Waals surface area contributed by atoms with Crippen LogP contribution in [0.15, 0.2) is 43.7 Å². The molecule has 4 nitrogen and oxygen atoms in total. The molecule has 1 unspecified atom stereocenters. The van der Waals surface area contributed by atoms with Gasteiger partial charge in [0.2, 0.25) is 5.76 Å². The number of furan rings is 1. The van der Waals surface area contributed by atoms with Crippen LogP contribution in [0.4, 0.5) is 0 Å². The molecule has 1 heterocycles. The second kappa shape index (κ2) is 6.56. The Bertz CT molecular complexity index is 604. The van der Waals surface area contributed by atoms with Gasteiger partial charge in [-0.25, -0.2) is 4.79 Å². The Labute approximate surface area is 133 Å². The third-order valence-corrected chi connectivity index (χ3v) is 3.72. The van der Waals surface area contributed by atoms with E-state index < -0.39 is 5.97 Å². The number of rotatable bonds is 4. The van der Waals surface area contributed by atoms with Crippen molar-refractivity contribution >= 4 is 37.8 Å². The summed E-state index contributed by atoms with van der Waals surface area (Å²) in [6, 6.07) is 9.17. The smallest absolute Gasteiger partial charge is 0.373 e. The van der Waals surface area contributed by atoms with Gasteiger partial charge in [0.25, 0.3) is 0 Å². The van der Waals surface area contributed by atoms with E-state index in [4.69, 9.17) is 4.42 Å². The van der Waals surface area contributed by atoms with Gasteiger partial charge in [-0.3, -0.25) is 0 Å². The molecule has 1 N–H and O–H groups in total. The van der Waals surface area contributed by atoms with Gasteiger partial charge < -0.3 is 14.5 Å². The first-order valence-corrected chi connectivity index (χ1v) is 7.45. The van der Waals surface area contributed by atoms with Crippen molar-refractivity contribution in [3.8, 4) is 0 Å². The lowest BCUT2D eigenvalue weighted by Gasteiger charge is -2.15. The molecule has 0 saturated carbocycles. The van der Waals surface area contributed by atoms with Gasteiger partial charge >= 0.3 is 5.97 Å². The highest BCUT2D eigenvalue weighted by molar-refractivity contribution is 9.11. The van der Waals surface area contributed by atoms with Gasteiger partial charge in [-0.05, 0) is 42.9 Å². The largest absolute Gasteiger partial charge is 0.463 e. The van der Waals surface area contributed by atoms with Crippen LogP contribution in [-0.2, 0) is 4.74 Å². The van der Waals surface area contributed by atoms with Crippen LogP contribution in [-0.4, -0.2) is 20.1 Å². The van der Waals surface area contributed by atoms with Crippen molar-refractivity contribution < 1.29 is 13.9 Å². The molecule has 1 atom stereocenters. The number of benzene rings is 1. The van der Waals surface area contributed by atoms with Crippen molar-refractivity contribution in [3.63, 3.8) is 0 Å². The molecule has 1 aromatic heterocycles. The maximum absolute atomic E-state index is 11.4. The van der Waals surface area contributed by atoms with Gasteiger partial charge in [-0.1, -0.05) is 31.9 Å². The highest BCUT2D eigenvalue weighted by atomic mass is 79.9. The molecule has 0 amide bonds. The number of hydrogen-bond acceptors (Lipinski definition) is 4. The van der Waals surface area contributed by atoms with E-state index >= 15 is 0 Å². The zero-order valence-corrected chi connectivity index (χ0v) is 14.1. The van der Waals surface area contributed by atoms with Crippen LogP contribution < -0.4 is 5.32 Å². The van der Waals surface area contributed by atoms with E-state index in [0.717, 1.165) is 14.5 Å². The number of hydrogen-bond donors (Lipinski definition) is 1. The average molecular weight is 403 g/mol.